The number of hydrogen-bond donors (Lipinski definition) is 1. The molecule has 0 radical (unpaired) electrons. The lowest BCUT2D eigenvalue weighted by Crippen LogP contribution is -1.99. The highest BCUT2D eigenvalue weighted by atomic mass is 19.2. The molecule has 0 spiro atoms. The number of aliphatic hydroxyl groups is 1. The van der Waals surface area contributed by atoms with Gasteiger partial charge in [-0.3, -0.25) is 0 Å². The Balaban J connectivity index is 3.27. The zero-order chi connectivity index (χ0) is 9.30. The summed E-state index contributed by atoms with van der Waals surface area (Å²) in [4.78, 5) is 0. The van der Waals surface area contributed by atoms with Gasteiger partial charge < -0.3 is 5.11 Å². The predicted octanol–water partition coefficient (Wildman–Crippen LogP) is 2.06. The van der Waals surface area contributed by atoms with Crippen molar-refractivity contribution in [1.29, 1.82) is 0 Å². The predicted molar refractivity (Wildman–Crippen MR) is 32.4 cm³/mol. The molecule has 0 aromatic heterocycles. The maximum atomic E-state index is 12.5. The smallest absolute Gasteiger partial charge is 0.225 e. The molecule has 0 fully saturated rings. The van der Waals surface area contributed by atoms with E-state index < -0.39 is 29.4 Å². The molecule has 0 bridgehead atoms. The lowest BCUT2D eigenvalue weighted by Gasteiger charge is -2.03. The monoisotopic (exact) mass is 180 g/mol. The molecule has 1 nitrogen and oxygen atoms in total. The van der Waals surface area contributed by atoms with Crippen molar-refractivity contribution in [3.63, 3.8) is 0 Å². The lowest BCUT2D eigenvalue weighted by molar-refractivity contribution is 0.0370. The van der Waals surface area contributed by atoms with Crippen LogP contribution in [0.15, 0.2) is 12.1 Å². The van der Waals surface area contributed by atoms with Gasteiger partial charge in [-0.25, -0.2) is 17.6 Å². The van der Waals surface area contributed by atoms with Gasteiger partial charge in [-0.2, -0.15) is 0 Å². The van der Waals surface area contributed by atoms with Crippen molar-refractivity contribution in [2.24, 2.45) is 0 Å². The minimum absolute atomic E-state index is 0.538. The number of rotatable bonds is 1. The van der Waals surface area contributed by atoms with Gasteiger partial charge in [-0.05, 0) is 12.1 Å². The SMILES string of the molecule is OC(F)c1ccc(F)c(F)c1F. The number of benzene rings is 1. The summed E-state index contributed by atoms with van der Waals surface area (Å²) in [6.07, 6.45) is -2.64. The van der Waals surface area contributed by atoms with Crippen LogP contribution < -0.4 is 0 Å². The normalized spacial score (nSPS) is 13.1. The first-order valence-corrected chi connectivity index (χ1v) is 2.99. The van der Waals surface area contributed by atoms with Crippen LogP contribution in [0.1, 0.15) is 11.9 Å². The summed E-state index contributed by atoms with van der Waals surface area (Å²) in [7, 11) is 0. The minimum atomic E-state index is -2.64. The molecule has 0 amide bonds. The average Bonchev–Trinajstić information content (AvgIpc) is 2.00. The second-order valence-corrected chi connectivity index (χ2v) is 2.10. The van der Waals surface area contributed by atoms with Gasteiger partial charge in [0.25, 0.3) is 0 Å². The van der Waals surface area contributed by atoms with Crippen molar-refractivity contribution in [1.82, 2.24) is 0 Å². The fourth-order valence-corrected chi connectivity index (χ4v) is 0.725. The molecule has 1 aromatic carbocycles. The minimum Gasteiger partial charge on any atom is -0.360 e. The van der Waals surface area contributed by atoms with Crippen molar-refractivity contribution < 1.29 is 22.7 Å². The second kappa shape index (κ2) is 3.10. The van der Waals surface area contributed by atoms with E-state index in [-0.39, 0.29) is 0 Å². The van der Waals surface area contributed by atoms with Gasteiger partial charge in [0, 0.05) is 0 Å². The average molecular weight is 180 g/mol. The maximum absolute atomic E-state index is 12.5. The van der Waals surface area contributed by atoms with Crippen LogP contribution in [-0.4, -0.2) is 5.11 Å². The van der Waals surface area contributed by atoms with E-state index in [1.165, 1.54) is 0 Å². The number of hydrogen-bond acceptors (Lipinski definition) is 1. The van der Waals surface area contributed by atoms with Crippen molar-refractivity contribution in [3.05, 3.63) is 35.1 Å². The van der Waals surface area contributed by atoms with Gasteiger partial charge in [0.15, 0.2) is 17.5 Å². The summed E-state index contributed by atoms with van der Waals surface area (Å²) in [5.74, 6) is -4.91. The lowest BCUT2D eigenvalue weighted by atomic mass is 10.2. The summed E-state index contributed by atoms with van der Waals surface area (Å²) in [6, 6.07) is 1.18. The van der Waals surface area contributed by atoms with Gasteiger partial charge in [-0.15, -0.1) is 0 Å². The van der Waals surface area contributed by atoms with E-state index >= 15 is 0 Å². The summed E-state index contributed by atoms with van der Waals surface area (Å²) in [5.41, 5.74) is -0.908. The Kier molecular flexibility index (Phi) is 2.32. The largest absolute Gasteiger partial charge is 0.360 e. The Morgan fingerprint density at radius 2 is 1.67 bits per heavy atom. The van der Waals surface area contributed by atoms with E-state index in [2.05, 4.69) is 0 Å². The fourth-order valence-electron chi connectivity index (χ4n) is 0.725. The van der Waals surface area contributed by atoms with Crippen LogP contribution in [0.2, 0.25) is 0 Å². The van der Waals surface area contributed by atoms with Crippen molar-refractivity contribution >= 4 is 0 Å². The van der Waals surface area contributed by atoms with E-state index in [4.69, 9.17) is 5.11 Å². The molecule has 0 aliphatic heterocycles. The van der Waals surface area contributed by atoms with Crippen LogP contribution in [0.25, 0.3) is 0 Å². The summed E-state index contributed by atoms with van der Waals surface area (Å²) < 4.78 is 49.1. The Labute approximate surface area is 65.3 Å². The van der Waals surface area contributed by atoms with Gasteiger partial charge in [0.2, 0.25) is 6.36 Å². The van der Waals surface area contributed by atoms with Crippen LogP contribution >= 0.6 is 0 Å². The van der Waals surface area contributed by atoms with Crippen molar-refractivity contribution in [3.8, 4) is 0 Å². The first-order chi connectivity index (χ1) is 5.54. The van der Waals surface area contributed by atoms with Gasteiger partial charge in [-0.1, -0.05) is 0 Å². The molecular formula is C7H4F4O. The van der Waals surface area contributed by atoms with Crippen LogP contribution in [0.3, 0.4) is 0 Å². The molecular weight excluding hydrogens is 176 g/mol. The Bertz CT molecular complexity index is 298. The number of aliphatic hydroxyl groups excluding tert-OH is 1. The quantitative estimate of drug-likeness (QED) is 0.518. The molecule has 1 atom stereocenters. The molecule has 1 rings (SSSR count). The molecule has 1 aromatic rings. The van der Waals surface area contributed by atoms with E-state index in [0.29, 0.717) is 12.1 Å². The Hall–Kier alpha value is -1.10. The molecule has 0 saturated heterocycles. The molecule has 12 heavy (non-hydrogen) atoms. The van der Waals surface area contributed by atoms with E-state index in [1.54, 1.807) is 0 Å². The summed E-state index contributed by atoms with van der Waals surface area (Å²) >= 11 is 0. The zero-order valence-corrected chi connectivity index (χ0v) is 5.69. The maximum Gasteiger partial charge on any atom is 0.225 e. The van der Waals surface area contributed by atoms with Crippen molar-refractivity contribution in [2.45, 2.75) is 6.36 Å². The highest BCUT2D eigenvalue weighted by Crippen LogP contribution is 2.21. The first-order valence-electron chi connectivity index (χ1n) is 2.99. The van der Waals surface area contributed by atoms with Crippen LogP contribution in [0.5, 0.6) is 0 Å². The molecule has 0 saturated carbocycles. The number of alkyl halides is 1. The number of halogens is 4. The van der Waals surface area contributed by atoms with Gasteiger partial charge in [0.05, 0.1) is 5.56 Å². The van der Waals surface area contributed by atoms with Crippen LogP contribution in [-0.2, 0) is 0 Å². The first kappa shape index (κ1) is 8.99. The van der Waals surface area contributed by atoms with E-state index in [9.17, 15) is 17.6 Å². The molecule has 66 valence electrons. The molecule has 1 N–H and O–H groups in total. The standard InChI is InChI=1S/C7H4F4O/c8-4-2-1-3(7(11)12)5(9)6(4)10/h1-2,7,12H. The molecule has 1 unspecified atom stereocenters. The summed E-state index contributed by atoms with van der Waals surface area (Å²) in [6.45, 7) is 0. The zero-order valence-electron chi connectivity index (χ0n) is 5.69. The Morgan fingerprint density at radius 1 is 1.08 bits per heavy atom. The highest BCUT2D eigenvalue weighted by molar-refractivity contribution is 5.20. The third-order valence-corrected chi connectivity index (χ3v) is 1.32. The van der Waals surface area contributed by atoms with Crippen LogP contribution in [0.4, 0.5) is 17.6 Å². The fraction of sp³-hybridized carbons (Fsp3) is 0.143. The van der Waals surface area contributed by atoms with Crippen LogP contribution in [0, 0.1) is 17.5 Å². The van der Waals surface area contributed by atoms with Gasteiger partial charge in [0.1, 0.15) is 0 Å². The topological polar surface area (TPSA) is 20.2 Å². The third-order valence-electron chi connectivity index (χ3n) is 1.32. The summed E-state index contributed by atoms with van der Waals surface area (Å²) in [5, 5.41) is 8.22. The second-order valence-electron chi connectivity index (χ2n) is 2.10. The van der Waals surface area contributed by atoms with E-state index in [1.807, 2.05) is 0 Å². The molecule has 0 heterocycles. The van der Waals surface area contributed by atoms with E-state index in [0.717, 1.165) is 0 Å². The van der Waals surface area contributed by atoms with Crippen molar-refractivity contribution in [2.75, 3.05) is 0 Å². The molecule has 5 heteroatoms. The van der Waals surface area contributed by atoms with Gasteiger partial charge >= 0.3 is 0 Å². The molecule has 0 aliphatic rings. The highest BCUT2D eigenvalue weighted by Gasteiger charge is 2.17. The Morgan fingerprint density at radius 3 is 2.17 bits per heavy atom. The third kappa shape index (κ3) is 1.40. The molecule has 0 aliphatic carbocycles.